The highest BCUT2D eigenvalue weighted by molar-refractivity contribution is 6.33. The fourth-order valence-corrected chi connectivity index (χ4v) is 2.54. The molecule has 1 heterocycles. The van der Waals surface area contributed by atoms with Gasteiger partial charge >= 0.3 is 5.97 Å². The molecular weight excluding hydrogens is 362 g/mol. The van der Waals surface area contributed by atoms with Gasteiger partial charge in [0.1, 0.15) is 13.2 Å². The molecule has 0 fully saturated rings. The van der Waals surface area contributed by atoms with Crippen molar-refractivity contribution in [2.24, 2.45) is 0 Å². The monoisotopic (exact) mass is 377 g/mol. The van der Waals surface area contributed by atoms with Gasteiger partial charge in [0.15, 0.2) is 18.1 Å². The molecule has 1 aliphatic heterocycles. The lowest BCUT2D eigenvalue weighted by atomic mass is 10.1. The van der Waals surface area contributed by atoms with Crippen LogP contribution in [0.1, 0.15) is 10.4 Å². The summed E-state index contributed by atoms with van der Waals surface area (Å²) in [6.45, 7) is 0.311. The number of anilines is 1. The number of ether oxygens (including phenoxy) is 4. The van der Waals surface area contributed by atoms with Gasteiger partial charge in [0, 0.05) is 0 Å². The van der Waals surface area contributed by atoms with Gasteiger partial charge in [-0.3, -0.25) is 4.79 Å². The van der Waals surface area contributed by atoms with Crippen LogP contribution in [0.4, 0.5) is 5.69 Å². The van der Waals surface area contributed by atoms with Gasteiger partial charge in [-0.1, -0.05) is 23.7 Å². The quantitative estimate of drug-likeness (QED) is 0.807. The van der Waals surface area contributed by atoms with Crippen LogP contribution >= 0.6 is 11.6 Å². The predicted octanol–water partition coefficient (Wildman–Crippen LogP) is 2.92. The van der Waals surface area contributed by atoms with Crippen LogP contribution in [-0.2, 0) is 9.53 Å². The topological polar surface area (TPSA) is 83.1 Å². The standard InChI is InChI=1S/C18H16ClNO6/c1-23-14-8-11(9-15-17(14)25-7-6-24-15)18(22)26-10-16(21)20-13-5-3-2-4-12(13)19/h2-5,8-9H,6-7,10H2,1H3,(H,20,21). The van der Waals surface area contributed by atoms with Crippen molar-refractivity contribution in [1.82, 2.24) is 0 Å². The minimum absolute atomic E-state index is 0.191. The molecule has 0 spiro atoms. The van der Waals surface area contributed by atoms with Crippen LogP contribution < -0.4 is 19.5 Å². The molecule has 0 unspecified atom stereocenters. The summed E-state index contributed by atoms with van der Waals surface area (Å²) in [6, 6.07) is 9.73. The van der Waals surface area contributed by atoms with Crippen LogP contribution in [0.5, 0.6) is 17.2 Å². The lowest BCUT2D eigenvalue weighted by molar-refractivity contribution is -0.119. The van der Waals surface area contributed by atoms with Crippen LogP contribution in [0, 0.1) is 0 Å². The van der Waals surface area contributed by atoms with Crippen LogP contribution in [0.25, 0.3) is 0 Å². The highest BCUT2D eigenvalue weighted by Crippen LogP contribution is 2.40. The van der Waals surface area contributed by atoms with E-state index < -0.39 is 18.5 Å². The third kappa shape index (κ3) is 4.00. The molecule has 2 aromatic rings. The number of rotatable bonds is 5. The van der Waals surface area contributed by atoms with E-state index in [2.05, 4.69) is 5.32 Å². The minimum atomic E-state index is -0.686. The van der Waals surface area contributed by atoms with E-state index in [1.54, 1.807) is 24.3 Å². The van der Waals surface area contributed by atoms with E-state index in [-0.39, 0.29) is 5.56 Å². The lowest BCUT2D eigenvalue weighted by Gasteiger charge is -2.21. The molecular formula is C18H16ClNO6. The Hall–Kier alpha value is -2.93. The molecule has 0 saturated heterocycles. The smallest absolute Gasteiger partial charge is 0.338 e. The summed E-state index contributed by atoms with van der Waals surface area (Å²) in [4.78, 5) is 24.2. The number of esters is 1. The van der Waals surface area contributed by atoms with Crippen LogP contribution in [-0.4, -0.2) is 38.8 Å². The molecule has 0 aromatic heterocycles. The third-order valence-electron chi connectivity index (χ3n) is 3.55. The van der Waals surface area contributed by atoms with Gasteiger partial charge < -0.3 is 24.3 Å². The number of para-hydroxylation sites is 1. The van der Waals surface area contributed by atoms with E-state index in [0.717, 1.165) is 0 Å². The molecule has 1 N–H and O–H groups in total. The summed E-state index contributed by atoms with van der Waals surface area (Å²) in [6.07, 6.45) is 0. The number of methoxy groups -OCH3 is 1. The first kappa shape index (κ1) is 17.9. The number of hydrogen-bond acceptors (Lipinski definition) is 6. The second kappa shape index (κ2) is 7.97. The Labute approximate surface area is 154 Å². The Morgan fingerprint density at radius 1 is 1.19 bits per heavy atom. The highest BCUT2D eigenvalue weighted by Gasteiger charge is 2.22. The molecule has 2 aromatic carbocycles. The number of amides is 1. The second-order valence-electron chi connectivity index (χ2n) is 5.31. The van der Waals surface area contributed by atoms with E-state index in [1.165, 1.54) is 19.2 Å². The molecule has 1 amide bonds. The second-order valence-corrected chi connectivity index (χ2v) is 5.71. The number of hydrogen-bond donors (Lipinski definition) is 1. The summed E-state index contributed by atoms with van der Waals surface area (Å²) in [5, 5.41) is 2.96. The van der Waals surface area contributed by atoms with E-state index in [4.69, 9.17) is 30.5 Å². The predicted molar refractivity (Wildman–Crippen MR) is 94.3 cm³/mol. The molecule has 0 radical (unpaired) electrons. The fourth-order valence-electron chi connectivity index (χ4n) is 2.35. The van der Waals surface area contributed by atoms with Crippen molar-refractivity contribution in [3.8, 4) is 17.2 Å². The van der Waals surface area contributed by atoms with Gasteiger partial charge in [0.25, 0.3) is 5.91 Å². The lowest BCUT2D eigenvalue weighted by Crippen LogP contribution is -2.21. The maximum absolute atomic E-state index is 12.2. The summed E-state index contributed by atoms with van der Waals surface area (Å²) in [7, 11) is 1.46. The van der Waals surface area contributed by atoms with Crippen molar-refractivity contribution in [1.29, 1.82) is 0 Å². The zero-order valence-electron chi connectivity index (χ0n) is 13.9. The van der Waals surface area contributed by atoms with Gasteiger partial charge in [0.05, 0.1) is 23.4 Å². The number of nitrogens with one attached hydrogen (secondary N) is 1. The largest absolute Gasteiger partial charge is 0.493 e. The molecule has 0 saturated carbocycles. The van der Waals surface area contributed by atoms with Crippen molar-refractivity contribution in [3.63, 3.8) is 0 Å². The van der Waals surface area contributed by atoms with Crippen LogP contribution in [0.15, 0.2) is 36.4 Å². The molecule has 0 aliphatic carbocycles. The Bertz CT molecular complexity index is 821. The maximum Gasteiger partial charge on any atom is 0.338 e. The Morgan fingerprint density at radius 3 is 2.73 bits per heavy atom. The van der Waals surface area contributed by atoms with Gasteiger partial charge in [-0.25, -0.2) is 4.79 Å². The van der Waals surface area contributed by atoms with E-state index in [9.17, 15) is 9.59 Å². The van der Waals surface area contributed by atoms with Crippen molar-refractivity contribution < 1.29 is 28.5 Å². The first-order valence-corrected chi connectivity index (χ1v) is 8.15. The van der Waals surface area contributed by atoms with Crippen molar-refractivity contribution in [2.45, 2.75) is 0 Å². The summed E-state index contributed by atoms with van der Waals surface area (Å²) < 4.78 is 21.2. The first-order chi connectivity index (χ1) is 12.6. The number of benzene rings is 2. The zero-order chi connectivity index (χ0) is 18.5. The van der Waals surface area contributed by atoms with Crippen LogP contribution in [0.2, 0.25) is 5.02 Å². The maximum atomic E-state index is 12.2. The summed E-state index contributed by atoms with van der Waals surface area (Å²) in [5.41, 5.74) is 0.632. The average molecular weight is 378 g/mol. The van der Waals surface area contributed by atoms with Gasteiger partial charge in [0.2, 0.25) is 5.75 Å². The Morgan fingerprint density at radius 2 is 1.96 bits per heavy atom. The molecule has 0 atom stereocenters. The molecule has 3 rings (SSSR count). The van der Waals surface area contributed by atoms with Crippen molar-refractivity contribution in [3.05, 3.63) is 47.0 Å². The molecule has 0 bridgehead atoms. The highest BCUT2D eigenvalue weighted by atomic mass is 35.5. The fraction of sp³-hybridized carbons (Fsp3) is 0.222. The summed E-state index contributed by atoms with van der Waals surface area (Å²) in [5.74, 6) is -0.00459. The number of carbonyl (C=O) groups is 2. The first-order valence-electron chi connectivity index (χ1n) is 7.77. The number of carbonyl (C=O) groups excluding carboxylic acids is 2. The third-order valence-corrected chi connectivity index (χ3v) is 3.88. The molecule has 26 heavy (non-hydrogen) atoms. The molecule has 136 valence electrons. The Kier molecular flexibility index (Phi) is 5.48. The van der Waals surface area contributed by atoms with Gasteiger partial charge in [-0.05, 0) is 24.3 Å². The summed E-state index contributed by atoms with van der Waals surface area (Å²) >= 11 is 5.97. The van der Waals surface area contributed by atoms with Gasteiger partial charge in [-0.15, -0.1) is 0 Å². The van der Waals surface area contributed by atoms with Crippen LogP contribution in [0.3, 0.4) is 0 Å². The Balaban J connectivity index is 1.65. The van der Waals surface area contributed by atoms with Crippen molar-refractivity contribution in [2.75, 3.05) is 32.2 Å². The van der Waals surface area contributed by atoms with E-state index in [0.29, 0.717) is 41.2 Å². The van der Waals surface area contributed by atoms with E-state index >= 15 is 0 Å². The molecule has 1 aliphatic rings. The molecule has 8 heteroatoms. The van der Waals surface area contributed by atoms with Crippen molar-refractivity contribution >= 4 is 29.2 Å². The van der Waals surface area contributed by atoms with E-state index in [1.807, 2.05) is 0 Å². The normalized spacial score (nSPS) is 12.2. The molecule has 7 nitrogen and oxygen atoms in total. The average Bonchev–Trinajstić information content (AvgIpc) is 2.67. The number of fused-ring (bicyclic) bond motifs is 1. The van der Waals surface area contributed by atoms with Gasteiger partial charge in [-0.2, -0.15) is 0 Å². The zero-order valence-corrected chi connectivity index (χ0v) is 14.7. The SMILES string of the molecule is COc1cc(C(=O)OCC(=O)Nc2ccccc2Cl)cc2c1OCCO2. The number of halogens is 1. The minimum Gasteiger partial charge on any atom is -0.493 e.